The predicted molar refractivity (Wildman–Crippen MR) is 82.1 cm³/mol. The minimum Gasteiger partial charge on any atom is -0.503 e. The number of aromatic hydroxyl groups is 1. The largest absolute Gasteiger partial charge is 0.503 e. The summed E-state index contributed by atoms with van der Waals surface area (Å²) < 4.78 is 5.07. The lowest BCUT2D eigenvalue weighted by molar-refractivity contribution is 0.104. The van der Waals surface area contributed by atoms with Crippen molar-refractivity contribution >= 4 is 23.5 Å². The quantitative estimate of drug-likeness (QED) is 0.856. The number of benzene rings is 2. The molecule has 1 aliphatic carbocycles. The smallest absolute Gasteiger partial charge is 0.189 e. The fourth-order valence-electron chi connectivity index (χ4n) is 2.50. The van der Waals surface area contributed by atoms with E-state index in [9.17, 15) is 9.90 Å². The number of fused-ring (bicyclic) bond motifs is 1. The van der Waals surface area contributed by atoms with Gasteiger partial charge < -0.3 is 9.84 Å². The van der Waals surface area contributed by atoms with Crippen LogP contribution in [0.1, 0.15) is 21.5 Å². The Morgan fingerprint density at radius 2 is 2.05 bits per heavy atom. The standard InChI is InChI=1S/C17H13ClO3/c1-21-15-8-10(7-14(18)17(15)20)6-12-9-11-4-2-3-5-13(11)16(12)19/h2-8,20H,9H2,1H3. The molecule has 0 atom stereocenters. The molecule has 4 heteroatoms. The van der Waals surface area contributed by atoms with Gasteiger partial charge in [0.1, 0.15) is 0 Å². The van der Waals surface area contributed by atoms with Crippen molar-refractivity contribution in [3.63, 3.8) is 0 Å². The summed E-state index contributed by atoms with van der Waals surface area (Å²) in [6.45, 7) is 0. The highest BCUT2D eigenvalue weighted by molar-refractivity contribution is 6.32. The summed E-state index contributed by atoms with van der Waals surface area (Å²) in [5.41, 5.74) is 3.22. The first-order valence-corrected chi connectivity index (χ1v) is 6.87. The van der Waals surface area contributed by atoms with E-state index in [0.29, 0.717) is 12.0 Å². The molecule has 106 valence electrons. The van der Waals surface area contributed by atoms with Crippen molar-refractivity contribution in [2.45, 2.75) is 6.42 Å². The van der Waals surface area contributed by atoms with E-state index in [1.54, 1.807) is 18.2 Å². The van der Waals surface area contributed by atoms with Crippen molar-refractivity contribution in [1.82, 2.24) is 0 Å². The molecule has 0 amide bonds. The fraction of sp³-hybridized carbons (Fsp3) is 0.118. The van der Waals surface area contributed by atoms with Gasteiger partial charge in [-0.2, -0.15) is 0 Å². The Bertz CT molecular complexity index is 763. The van der Waals surface area contributed by atoms with Crippen LogP contribution < -0.4 is 4.74 Å². The van der Waals surface area contributed by atoms with E-state index in [1.807, 2.05) is 24.3 Å². The van der Waals surface area contributed by atoms with E-state index in [-0.39, 0.29) is 22.3 Å². The van der Waals surface area contributed by atoms with Gasteiger partial charge in [0, 0.05) is 17.6 Å². The van der Waals surface area contributed by atoms with Gasteiger partial charge in [-0.05, 0) is 29.3 Å². The SMILES string of the molecule is COc1cc(C=C2Cc3ccccc3C2=O)cc(Cl)c1O. The fourth-order valence-corrected chi connectivity index (χ4v) is 2.72. The second-order valence-electron chi connectivity index (χ2n) is 4.89. The van der Waals surface area contributed by atoms with Gasteiger partial charge in [-0.15, -0.1) is 0 Å². The van der Waals surface area contributed by atoms with E-state index in [1.165, 1.54) is 7.11 Å². The van der Waals surface area contributed by atoms with Crippen molar-refractivity contribution < 1.29 is 14.6 Å². The summed E-state index contributed by atoms with van der Waals surface area (Å²) in [6, 6.07) is 10.9. The Kier molecular flexibility index (Phi) is 3.43. The highest BCUT2D eigenvalue weighted by atomic mass is 35.5. The average Bonchev–Trinajstić information content (AvgIpc) is 2.79. The minimum absolute atomic E-state index is 0.0359. The van der Waals surface area contributed by atoms with Gasteiger partial charge in [0.15, 0.2) is 17.3 Å². The Labute approximate surface area is 127 Å². The van der Waals surface area contributed by atoms with Crippen LogP contribution in [0, 0.1) is 0 Å². The number of hydrogen-bond acceptors (Lipinski definition) is 3. The number of allylic oxidation sites excluding steroid dienone is 1. The van der Waals surface area contributed by atoms with Crippen molar-refractivity contribution in [3.05, 3.63) is 63.7 Å². The summed E-state index contributed by atoms with van der Waals surface area (Å²) in [5, 5.41) is 9.93. The molecule has 0 fully saturated rings. The topological polar surface area (TPSA) is 46.5 Å². The molecule has 2 aromatic carbocycles. The first kappa shape index (κ1) is 13.7. The molecule has 0 radical (unpaired) electrons. The molecule has 0 aromatic heterocycles. The van der Waals surface area contributed by atoms with Gasteiger partial charge >= 0.3 is 0 Å². The highest BCUT2D eigenvalue weighted by Gasteiger charge is 2.24. The third kappa shape index (κ3) is 2.41. The normalized spacial score (nSPS) is 15.3. The van der Waals surface area contributed by atoms with Gasteiger partial charge in [-0.3, -0.25) is 4.79 Å². The number of carbonyl (C=O) groups is 1. The first-order chi connectivity index (χ1) is 10.1. The molecule has 0 unspecified atom stereocenters. The molecule has 0 spiro atoms. The maximum atomic E-state index is 12.3. The summed E-state index contributed by atoms with van der Waals surface area (Å²) in [7, 11) is 1.46. The van der Waals surface area contributed by atoms with Crippen LogP contribution in [0.2, 0.25) is 5.02 Å². The van der Waals surface area contributed by atoms with Crippen LogP contribution in [-0.2, 0) is 6.42 Å². The second-order valence-corrected chi connectivity index (χ2v) is 5.29. The van der Waals surface area contributed by atoms with Crippen LogP contribution in [0.4, 0.5) is 0 Å². The maximum Gasteiger partial charge on any atom is 0.189 e. The summed E-state index contributed by atoms with van der Waals surface area (Å²) in [5.74, 6) is 0.230. The number of phenolic OH excluding ortho intramolecular Hbond substituents is 1. The van der Waals surface area contributed by atoms with E-state index in [4.69, 9.17) is 16.3 Å². The van der Waals surface area contributed by atoms with Gasteiger partial charge in [0.2, 0.25) is 0 Å². The van der Waals surface area contributed by atoms with Crippen LogP contribution >= 0.6 is 11.6 Å². The van der Waals surface area contributed by atoms with E-state index >= 15 is 0 Å². The number of rotatable bonds is 2. The monoisotopic (exact) mass is 300 g/mol. The molecule has 0 saturated carbocycles. The van der Waals surface area contributed by atoms with Gasteiger partial charge in [0.05, 0.1) is 12.1 Å². The third-order valence-electron chi connectivity index (χ3n) is 3.55. The summed E-state index contributed by atoms with van der Waals surface area (Å²) >= 11 is 5.96. The highest BCUT2D eigenvalue weighted by Crippen LogP contribution is 2.36. The molecule has 0 aliphatic heterocycles. The average molecular weight is 301 g/mol. The minimum atomic E-state index is -0.0950. The van der Waals surface area contributed by atoms with Gasteiger partial charge in [-0.25, -0.2) is 0 Å². The molecule has 3 rings (SSSR count). The summed E-state index contributed by atoms with van der Waals surface area (Å²) in [4.78, 5) is 12.3. The number of hydrogen-bond donors (Lipinski definition) is 1. The molecule has 3 nitrogen and oxygen atoms in total. The van der Waals surface area contributed by atoms with Crippen LogP contribution in [-0.4, -0.2) is 18.0 Å². The van der Waals surface area contributed by atoms with Crippen molar-refractivity contribution in [3.8, 4) is 11.5 Å². The van der Waals surface area contributed by atoms with Crippen LogP contribution in [0.25, 0.3) is 6.08 Å². The number of halogens is 1. The van der Waals surface area contributed by atoms with E-state index < -0.39 is 0 Å². The van der Waals surface area contributed by atoms with Gasteiger partial charge in [0.25, 0.3) is 0 Å². The van der Waals surface area contributed by atoms with Crippen molar-refractivity contribution in [1.29, 1.82) is 0 Å². The molecule has 0 bridgehead atoms. The molecule has 1 N–H and O–H groups in total. The lowest BCUT2D eigenvalue weighted by Crippen LogP contribution is -1.95. The molecule has 0 saturated heterocycles. The number of methoxy groups -OCH3 is 1. The number of phenols is 1. The lowest BCUT2D eigenvalue weighted by Gasteiger charge is -2.06. The zero-order valence-corrected chi connectivity index (χ0v) is 12.1. The van der Waals surface area contributed by atoms with Gasteiger partial charge in [-0.1, -0.05) is 35.9 Å². The second kappa shape index (κ2) is 5.26. The molecule has 0 heterocycles. The molecular formula is C17H13ClO3. The Morgan fingerprint density at radius 1 is 1.29 bits per heavy atom. The van der Waals surface area contributed by atoms with Crippen LogP contribution in [0.15, 0.2) is 42.0 Å². The Hall–Kier alpha value is -2.26. The number of ether oxygens (including phenoxy) is 1. The molecule has 1 aliphatic rings. The van der Waals surface area contributed by atoms with Crippen molar-refractivity contribution in [2.75, 3.05) is 7.11 Å². The molecule has 21 heavy (non-hydrogen) atoms. The van der Waals surface area contributed by atoms with E-state index in [0.717, 1.165) is 16.7 Å². The number of ketones is 1. The molecular weight excluding hydrogens is 288 g/mol. The van der Waals surface area contributed by atoms with Crippen LogP contribution in [0.5, 0.6) is 11.5 Å². The Morgan fingerprint density at radius 3 is 2.76 bits per heavy atom. The Balaban J connectivity index is 2.01. The maximum absolute atomic E-state index is 12.3. The zero-order chi connectivity index (χ0) is 15.0. The first-order valence-electron chi connectivity index (χ1n) is 6.50. The van der Waals surface area contributed by atoms with E-state index in [2.05, 4.69) is 0 Å². The summed E-state index contributed by atoms with van der Waals surface area (Å²) in [6.07, 6.45) is 2.39. The lowest BCUT2D eigenvalue weighted by atomic mass is 10.1. The predicted octanol–water partition coefficient (Wildman–Crippen LogP) is 3.88. The third-order valence-corrected chi connectivity index (χ3v) is 3.83. The zero-order valence-electron chi connectivity index (χ0n) is 11.4. The van der Waals surface area contributed by atoms with Crippen molar-refractivity contribution in [2.24, 2.45) is 0 Å². The molecule has 2 aromatic rings. The number of Topliss-reactive ketones (excluding diaryl/α,β-unsaturated/α-hetero) is 1. The van der Waals surface area contributed by atoms with Crippen LogP contribution in [0.3, 0.4) is 0 Å². The number of carbonyl (C=O) groups excluding carboxylic acids is 1.